The Balaban J connectivity index is 4.30. The second-order valence-corrected chi connectivity index (χ2v) is 19.2. The molecule has 0 heterocycles. The van der Waals surface area contributed by atoms with E-state index in [0.29, 0.717) is 23.9 Å². The fourth-order valence-electron chi connectivity index (χ4n) is 6.22. The third-order valence-electron chi connectivity index (χ3n) is 10.3. The second-order valence-electron chi connectivity index (χ2n) is 17.8. The molecule has 0 aromatic heterocycles. The van der Waals surface area contributed by atoms with Crippen molar-refractivity contribution in [2.75, 3.05) is 40.9 Å². The van der Waals surface area contributed by atoms with Crippen LogP contribution in [-0.4, -0.2) is 68.5 Å². The Morgan fingerprint density at radius 2 is 0.925 bits per heavy atom. The van der Waals surface area contributed by atoms with Gasteiger partial charge >= 0.3 is 0 Å². The molecule has 2 N–H and O–H groups in total. The molecular formula is C58H95N2O6P. The Bertz CT molecular complexity index is 1590. The van der Waals surface area contributed by atoms with Crippen LogP contribution in [0, 0.1) is 0 Å². The fraction of sp³-hybridized carbons (Fsp3) is 0.569. The quantitative estimate of drug-likeness (QED) is 0.0273. The number of allylic oxidation sites excluding steroid dienone is 23. The summed E-state index contributed by atoms with van der Waals surface area (Å²) in [5, 5.41) is 13.7. The number of rotatable bonds is 44. The molecule has 1 amide bonds. The summed E-state index contributed by atoms with van der Waals surface area (Å²) < 4.78 is 23.2. The number of quaternary nitrogens is 1. The van der Waals surface area contributed by atoms with Crippen molar-refractivity contribution in [1.82, 2.24) is 5.32 Å². The van der Waals surface area contributed by atoms with Crippen molar-refractivity contribution in [3.63, 3.8) is 0 Å². The zero-order chi connectivity index (χ0) is 49.2. The number of amides is 1. The van der Waals surface area contributed by atoms with E-state index in [4.69, 9.17) is 9.05 Å². The van der Waals surface area contributed by atoms with Crippen LogP contribution in [0.25, 0.3) is 0 Å². The summed E-state index contributed by atoms with van der Waals surface area (Å²) in [5.74, 6) is -0.240. The van der Waals surface area contributed by atoms with Crippen LogP contribution in [0.3, 0.4) is 0 Å². The molecule has 0 aromatic rings. The highest BCUT2D eigenvalue weighted by atomic mass is 31.2. The molecule has 0 aliphatic heterocycles. The van der Waals surface area contributed by atoms with Crippen LogP contribution in [0.2, 0.25) is 0 Å². The van der Waals surface area contributed by atoms with Crippen molar-refractivity contribution < 1.29 is 32.9 Å². The van der Waals surface area contributed by atoms with Crippen LogP contribution in [0.4, 0.5) is 0 Å². The van der Waals surface area contributed by atoms with Gasteiger partial charge in [0.1, 0.15) is 13.2 Å². The van der Waals surface area contributed by atoms with Gasteiger partial charge in [0.15, 0.2) is 0 Å². The van der Waals surface area contributed by atoms with E-state index in [1.165, 1.54) is 12.8 Å². The second kappa shape index (κ2) is 47.4. The molecule has 3 atom stereocenters. The maximum absolute atomic E-state index is 12.9. The largest absolute Gasteiger partial charge is 0.756 e. The summed E-state index contributed by atoms with van der Waals surface area (Å²) in [6, 6.07) is -0.930. The highest BCUT2D eigenvalue weighted by Crippen LogP contribution is 2.38. The Labute approximate surface area is 410 Å². The molecular weight excluding hydrogens is 852 g/mol. The zero-order valence-corrected chi connectivity index (χ0v) is 43.7. The van der Waals surface area contributed by atoms with Crippen LogP contribution < -0.4 is 10.2 Å². The number of carbonyl (C=O) groups excluding carboxylic acids is 1. The molecule has 0 fully saturated rings. The number of aliphatic hydroxyl groups excluding tert-OH is 1. The molecule has 9 heteroatoms. The Morgan fingerprint density at radius 3 is 1.39 bits per heavy atom. The van der Waals surface area contributed by atoms with Crippen LogP contribution in [0.1, 0.15) is 162 Å². The minimum Gasteiger partial charge on any atom is -0.756 e. The molecule has 0 bridgehead atoms. The minimum atomic E-state index is -4.62. The molecule has 67 heavy (non-hydrogen) atoms. The lowest BCUT2D eigenvalue weighted by atomic mass is 10.1. The number of nitrogens with one attached hydrogen (secondary N) is 1. The number of hydrogen-bond donors (Lipinski definition) is 2. The first kappa shape index (κ1) is 63.4. The van der Waals surface area contributed by atoms with E-state index < -0.39 is 26.6 Å². The molecule has 0 saturated carbocycles. The molecule has 0 aromatic carbocycles. The number of likely N-dealkylation sites (N-methyl/N-ethyl adjacent to an activating group) is 1. The standard InChI is InChI=1S/C58H95N2O6P/c1-6-8-10-12-14-16-18-20-21-22-23-24-25-26-27-28-29-30-31-32-33-34-35-36-37-38-39-40-42-44-46-48-50-52-58(62)59-56(55-66-67(63,64)65-54-53-60(3,4)5)57(61)51-49-47-45-43-41-19-17-15-13-11-9-7-2/h8,10,13-16,20-21,23-24,26-27,29-30,32-33,35-36,38-39,41,43,49,51,56-57,61H,6-7,9,11-12,17-19,22,25,28,31,34,37,40,42,44-48,50,52-55H2,1-5H3,(H-,59,62,63,64)/b10-8-,15-13+,16-14-,21-20-,24-23-,27-26-,30-29-,33-32-,36-35-,39-38-,43-41+,51-49+. The summed E-state index contributed by atoms with van der Waals surface area (Å²) in [7, 11) is 1.19. The highest BCUT2D eigenvalue weighted by molar-refractivity contribution is 7.45. The van der Waals surface area contributed by atoms with Crippen LogP contribution in [-0.2, 0) is 18.4 Å². The third-order valence-corrected chi connectivity index (χ3v) is 11.2. The van der Waals surface area contributed by atoms with Crippen molar-refractivity contribution in [3.05, 3.63) is 146 Å². The summed E-state index contributed by atoms with van der Waals surface area (Å²) in [6.45, 7) is 4.40. The summed E-state index contributed by atoms with van der Waals surface area (Å²) in [5.41, 5.74) is 0. The number of phosphoric ester groups is 1. The van der Waals surface area contributed by atoms with Gasteiger partial charge < -0.3 is 28.8 Å². The maximum atomic E-state index is 12.9. The number of nitrogens with zero attached hydrogens (tertiary/aromatic N) is 1. The molecule has 0 rings (SSSR count). The van der Waals surface area contributed by atoms with Crippen molar-refractivity contribution in [3.8, 4) is 0 Å². The van der Waals surface area contributed by atoms with Crippen LogP contribution >= 0.6 is 7.82 Å². The smallest absolute Gasteiger partial charge is 0.268 e. The van der Waals surface area contributed by atoms with Gasteiger partial charge in [-0.2, -0.15) is 0 Å². The maximum Gasteiger partial charge on any atom is 0.268 e. The van der Waals surface area contributed by atoms with Gasteiger partial charge in [0.05, 0.1) is 39.9 Å². The van der Waals surface area contributed by atoms with E-state index >= 15 is 0 Å². The van der Waals surface area contributed by atoms with Gasteiger partial charge in [0.2, 0.25) is 5.91 Å². The van der Waals surface area contributed by atoms with Gasteiger partial charge in [-0.15, -0.1) is 0 Å². The first-order chi connectivity index (χ1) is 32.5. The van der Waals surface area contributed by atoms with Gasteiger partial charge in [0.25, 0.3) is 7.82 Å². The first-order valence-corrected chi connectivity index (χ1v) is 27.2. The van der Waals surface area contributed by atoms with Crippen molar-refractivity contribution in [1.29, 1.82) is 0 Å². The Morgan fingerprint density at radius 1 is 0.537 bits per heavy atom. The Hall–Kier alpha value is -3.62. The molecule has 8 nitrogen and oxygen atoms in total. The van der Waals surface area contributed by atoms with Crippen molar-refractivity contribution in [2.45, 2.75) is 174 Å². The third kappa shape index (κ3) is 50.1. The van der Waals surface area contributed by atoms with Gasteiger partial charge in [-0.3, -0.25) is 9.36 Å². The molecule has 0 spiro atoms. The van der Waals surface area contributed by atoms with E-state index in [0.717, 1.165) is 122 Å². The molecule has 0 aliphatic carbocycles. The average molecular weight is 947 g/mol. The monoisotopic (exact) mass is 947 g/mol. The van der Waals surface area contributed by atoms with Crippen molar-refractivity contribution in [2.24, 2.45) is 0 Å². The fourth-order valence-corrected chi connectivity index (χ4v) is 6.94. The van der Waals surface area contributed by atoms with Crippen LogP contribution in [0.15, 0.2) is 146 Å². The normalized spacial score (nSPS) is 15.3. The number of unbranched alkanes of at least 4 members (excludes halogenated alkanes) is 9. The molecule has 0 saturated heterocycles. The lowest BCUT2D eigenvalue weighted by Gasteiger charge is -2.29. The van der Waals surface area contributed by atoms with Gasteiger partial charge in [0, 0.05) is 6.42 Å². The molecule has 0 radical (unpaired) electrons. The summed E-state index contributed by atoms with van der Waals surface area (Å²) in [4.78, 5) is 25.3. The predicted molar refractivity (Wildman–Crippen MR) is 288 cm³/mol. The van der Waals surface area contributed by atoms with Gasteiger partial charge in [-0.05, 0) is 109 Å². The Kier molecular flexibility index (Phi) is 44.9. The highest BCUT2D eigenvalue weighted by Gasteiger charge is 2.23. The predicted octanol–water partition coefficient (Wildman–Crippen LogP) is 14.7. The number of phosphoric acid groups is 1. The minimum absolute atomic E-state index is 0.0220. The average Bonchev–Trinajstić information content (AvgIpc) is 3.29. The van der Waals surface area contributed by atoms with E-state index in [9.17, 15) is 19.4 Å². The molecule has 3 unspecified atom stereocenters. The van der Waals surface area contributed by atoms with Gasteiger partial charge in [-0.25, -0.2) is 0 Å². The molecule has 378 valence electrons. The lowest BCUT2D eigenvalue weighted by molar-refractivity contribution is -0.870. The van der Waals surface area contributed by atoms with Crippen molar-refractivity contribution >= 4 is 13.7 Å². The van der Waals surface area contributed by atoms with E-state index in [-0.39, 0.29) is 12.5 Å². The topological polar surface area (TPSA) is 108 Å². The number of carbonyl (C=O) groups is 1. The number of hydrogen-bond acceptors (Lipinski definition) is 6. The summed E-state index contributed by atoms with van der Waals surface area (Å²) >= 11 is 0. The first-order valence-electron chi connectivity index (χ1n) is 25.7. The summed E-state index contributed by atoms with van der Waals surface area (Å²) in [6.07, 6.45) is 73.5. The number of aliphatic hydroxyl groups is 1. The van der Waals surface area contributed by atoms with E-state index in [2.05, 4.69) is 153 Å². The SMILES string of the molecule is CC/C=C\C/C=C\C/C=C\C/C=C\C/C=C\C/C=C\C/C=C\C/C=C\C/C=C\CCCCCCCC(=O)NC(COP(=O)([O-])OCC[N+](C)(C)C)C(O)/C=C/CC/C=C/CC/C=C/CCCC. The zero-order valence-electron chi connectivity index (χ0n) is 42.8. The van der Waals surface area contributed by atoms with E-state index in [1.54, 1.807) is 6.08 Å². The lowest BCUT2D eigenvalue weighted by Crippen LogP contribution is -2.45. The van der Waals surface area contributed by atoms with E-state index in [1.807, 2.05) is 27.2 Å². The molecule has 0 aliphatic rings. The van der Waals surface area contributed by atoms with Crippen LogP contribution in [0.5, 0.6) is 0 Å². The van der Waals surface area contributed by atoms with Gasteiger partial charge in [-0.1, -0.05) is 192 Å².